The molecule has 1 unspecified atom stereocenters. The highest BCUT2D eigenvalue weighted by Crippen LogP contribution is 2.64. The molecule has 280 valence electrons. The van der Waals surface area contributed by atoms with Crippen LogP contribution in [0.2, 0.25) is 6.04 Å². The maximum absolute atomic E-state index is 15.7. The normalized spacial score (nSPS) is 15.8. The zero-order valence-corrected chi connectivity index (χ0v) is 25.2. The summed E-state index contributed by atoms with van der Waals surface area (Å²) >= 11 is 0. The predicted octanol–water partition coefficient (Wildman–Crippen LogP) is 7.48. The summed E-state index contributed by atoms with van der Waals surface area (Å²) in [5.74, 6) is -55.1. The molecule has 47 heavy (non-hydrogen) atoms. The number of rotatable bonds is 20. The van der Waals surface area contributed by atoms with E-state index in [1.807, 2.05) is 0 Å². The van der Waals surface area contributed by atoms with Crippen molar-refractivity contribution in [2.75, 3.05) is 26.4 Å². The third-order valence-corrected chi connectivity index (χ3v) is 9.29. The molecule has 0 heterocycles. The summed E-state index contributed by atoms with van der Waals surface area (Å²) in [6.45, 7) is 0.970. The van der Waals surface area contributed by atoms with E-state index in [1.54, 1.807) is 0 Å². The van der Waals surface area contributed by atoms with Crippen LogP contribution < -0.4 is 0 Å². The maximum Gasteiger partial charge on any atom is 0.500 e. The van der Waals surface area contributed by atoms with Crippen molar-refractivity contribution in [3.63, 3.8) is 0 Å². The van der Waals surface area contributed by atoms with Crippen molar-refractivity contribution in [3.8, 4) is 0 Å². The standard InChI is InChI=1S/C22H28F17NO6Si/c1-4-44-47(45-5-2,46-6-3)12-8-11-40(13(41)9-7-10-14(42)43)20(33,22(37,38)39)18(29,30)16(25,26)15(23,24)17(27,28)19(31,32)21(34,35)36/h4-12H2,1-3H3,(H,42,43). The molecule has 7 nitrogen and oxygen atoms in total. The molecule has 0 rings (SSSR count). The van der Waals surface area contributed by atoms with Crippen LogP contribution in [0.25, 0.3) is 0 Å². The van der Waals surface area contributed by atoms with Gasteiger partial charge in [0.15, 0.2) is 0 Å². The Labute approximate surface area is 255 Å². The van der Waals surface area contributed by atoms with Gasteiger partial charge in [0.2, 0.25) is 5.91 Å². The minimum atomic E-state index is -8.82. The lowest BCUT2D eigenvalue weighted by molar-refractivity contribution is -0.465. The van der Waals surface area contributed by atoms with Crippen molar-refractivity contribution >= 4 is 20.7 Å². The SMILES string of the molecule is CCO[Si](CCCN(C(=O)CCCC(=O)O)C(F)(C(F)(F)F)C(F)(F)C(F)(F)C(F)(F)C(F)(F)C(F)(F)C(F)(F)F)(OCC)OCC. The average Bonchev–Trinajstić information content (AvgIpc) is 2.89. The van der Waals surface area contributed by atoms with E-state index in [9.17, 15) is 71.1 Å². The van der Waals surface area contributed by atoms with E-state index in [0.717, 1.165) is 0 Å². The van der Waals surface area contributed by atoms with Gasteiger partial charge in [-0.1, -0.05) is 0 Å². The van der Waals surface area contributed by atoms with E-state index in [4.69, 9.17) is 18.4 Å². The molecule has 0 spiro atoms. The number of carbonyl (C=O) groups is 2. The van der Waals surface area contributed by atoms with Crippen molar-refractivity contribution in [2.24, 2.45) is 0 Å². The molecule has 1 N–H and O–H groups in total. The molecular formula is C22H28F17NO6Si. The van der Waals surface area contributed by atoms with Crippen molar-refractivity contribution in [1.82, 2.24) is 4.90 Å². The Hall–Kier alpha value is -2.15. The summed E-state index contributed by atoms with van der Waals surface area (Å²) in [7, 11) is -4.08. The first-order valence-electron chi connectivity index (χ1n) is 13.0. The van der Waals surface area contributed by atoms with Gasteiger partial charge < -0.3 is 18.4 Å². The van der Waals surface area contributed by atoms with E-state index >= 15 is 13.2 Å². The highest BCUT2D eigenvalue weighted by atomic mass is 28.4. The van der Waals surface area contributed by atoms with E-state index in [1.165, 1.54) is 20.8 Å². The molecule has 0 aromatic carbocycles. The van der Waals surface area contributed by atoms with Crippen molar-refractivity contribution in [3.05, 3.63) is 0 Å². The molecular weight excluding hydrogens is 725 g/mol. The van der Waals surface area contributed by atoms with Gasteiger partial charge in [-0.2, -0.15) is 70.2 Å². The molecule has 1 amide bonds. The monoisotopic (exact) mass is 753 g/mol. The highest BCUT2D eigenvalue weighted by Gasteiger charge is 2.96. The van der Waals surface area contributed by atoms with E-state index in [2.05, 4.69) is 0 Å². The minimum absolute atomic E-state index is 0.268. The Bertz CT molecular complexity index is 1040. The van der Waals surface area contributed by atoms with Crippen molar-refractivity contribution in [2.45, 2.75) is 100 Å². The second kappa shape index (κ2) is 15.2. The first-order valence-corrected chi connectivity index (χ1v) is 15.0. The maximum atomic E-state index is 15.7. The van der Waals surface area contributed by atoms with Crippen LogP contribution in [-0.2, 0) is 22.9 Å². The summed E-state index contributed by atoms with van der Waals surface area (Å²) in [4.78, 5) is 21.4. The summed E-state index contributed by atoms with van der Waals surface area (Å²) in [5, 5.41) is 8.63. The molecule has 0 bridgehead atoms. The number of carbonyl (C=O) groups excluding carboxylic acids is 1. The van der Waals surface area contributed by atoms with Gasteiger partial charge in [0.25, 0.3) is 0 Å². The fourth-order valence-electron chi connectivity index (χ4n) is 3.91. The quantitative estimate of drug-likeness (QED) is 0.0790. The molecule has 0 aromatic rings. The Kier molecular flexibility index (Phi) is 14.5. The van der Waals surface area contributed by atoms with E-state index in [0.29, 0.717) is 0 Å². The van der Waals surface area contributed by atoms with Crippen LogP contribution in [0, 0.1) is 0 Å². The Balaban J connectivity index is 7.42. The molecule has 0 saturated heterocycles. The Morgan fingerprint density at radius 1 is 0.574 bits per heavy atom. The fraction of sp³-hybridized carbons (Fsp3) is 0.909. The summed E-state index contributed by atoms with van der Waals surface area (Å²) < 4.78 is 252. The third kappa shape index (κ3) is 8.36. The topological polar surface area (TPSA) is 85.3 Å². The van der Waals surface area contributed by atoms with Crippen LogP contribution >= 0.6 is 0 Å². The lowest BCUT2D eigenvalue weighted by Gasteiger charge is -2.47. The molecule has 25 heteroatoms. The number of hydrogen-bond donors (Lipinski definition) is 1. The van der Waals surface area contributed by atoms with Crippen molar-refractivity contribution in [1.29, 1.82) is 0 Å². The average molecular weight is 754 g/mol. The lowest BCUT2D eigenvalue weighted by atomic mass is 9.88. The first kappa shape index (κ1) is 44.8. The van der Waals surface area contributed by atoms with Gasteiger partial charge in [-0.15, -0.1) is 0 Å². The van der Waals surface area contributed by atoms with Gasteiger partial charge in [0.1, 0.15) is 0 Å². The second-order valence-corrected chi connectivity index (χ2v) is 12.1. The summed E-state index contributed by atoms with van der Waals surface area (Å²) in [6.07, 6.45) is -20.9. The Morgan fingerprint density at radius 2 is 0.957 bits per heavy atom. The molecule has 0 saturated carbocycles. The van der Waals surface area contributed by atoms with E-state index in [-0.39, 0.29) is 19.8 Å². The van der Waals surface area contributed by atoms with Gasteiger partial charge in [0.05, 0.1) is 0 Å². The van der Waals surface area contributed by atoms with Gasteiger partial charge in [-0.25, -0.2) is 4.39 Å². The van der Waals surface area contributed by atoms with Gasteiger partial charge >= 0.3 is 62.5 Å². The molecule has 1 atom stereocenters. The summed E-state index contributed by atoms with van der Waals surface area (Å²) in [6, 6.07) is -0.858. The second-order valence-electron chi connectivity index (χ2n) is 9.37. The predicted molar refractivity (Wildman–Crippen MR) is 124 cm³/mol. The lowest BCUT2D eigenvalue weighted by Crippen LogP contribution is -2.78. The number of hydrogen-bond acceptors (Lipinski definition) is 5. The molecule has 0 aliphatic heterocycles. The summed E-state index contributed by atoms with van der Waals surface area (Å²) in [5.41, 5.74) is 0. The fourth-order valence-corrected chi connectivity index (χ4v) is 6.50. The number of alkyl halides is 17. The molecule has 0 aromatic heterocycles. The number of aliphatic carboxylic acids is 1. The highest BCUT2D eigenvalue weighted by molar-refractivity contribution is 6.60. The number of nitrogens with zero attached hydrogens (tertiary/aromatic N) is 1. The van der Waals surface area contributed by atoms with Gasteiger partial charge in [-0.05, 0) is 33.6 Å². The van der Waals surface area contributed by atoms with Crippen molar-refractivity contribution < 1.29 is 103 Å². The zero-order valence-electron chi connectivity index (χ0n) is 24.2. The number of carboxylic acid groups (broad SMARTS) is 1. The van der Waals surface area contributed by atoms with Gasteiger partial charge in [-0.3, -0.25) is 14.5 Å². The first-order chi connectivity index (χ1) is 20.9. The zero-order chi connectivity index (χ0) is 37.7. The number of halogens is 17. The molecule has 0 aliphatic rings. The van der Waals surface area contributed by atoms with Crippen LogP contribution in [0.4, 0.5) is 74.6 Å². The van der Waals surface area contributed by atoms with Crippen LogP contribution in [0.5, 0.6) is 0 Å². The van der Waals surface area contributed by atoms with Crippen LogP contribution in [0.1, 0.15) is 46.5 Å². The third-order valence-electron chi connectivity index (χ3n) is 6.14. The number of carboxylic acids is 1. The van der Waals surface area contributed by atoms with Crippen LogP contribution in [-0.4, -0.2) is 105 Å². The Morgan fingerprint density at radius 3 is 1.30 bits per heavy atom. The number of amides is 1. The van der Waals surface area contributed by atoms with Crippen LogP contribution in [0.15, 0.2) is 0 Å². The minimum Gasteiger partial charge on any atom is -0.481 e. The van der Waals surface area contributed by atoms with E-state index < -0.39 is 112 Å². The molecule has 0 aliphatic carbocycles. The smallest absolute Gasteiger partial charge is 0.481 e. The van der Waals surface area contributed by atoms with Gasteiger partial charge in [0, 0.05) is 45.3 Å². The van der Waals surface area contributed by atoms with Crippen LogP contribution in [0.3, 0.4) is 0 Å². The largest absolute Gasteiger partial charge is 0.500 e. The molecule has 0 radical (unpaired) electrons. The molecule has 0 fully saturated rings.